The van der Waals surface area contributed by atoms with Gasteiger partial charge in [0.2, 0.25) is 5.82 Å². The lowest BCUT2D eigenvalue weighted by Crippen LogP contribution is -1.86. The summed E-state index contributed by atoms with van der Waals surface area (Å²) in [5.41, 5.74) is 0. The van der Waals surface area contributed by atoms with Crippen molar-refractivity contribution in [2.24, 2.45) is 0 Å². The first-order valence-electron chi connectivity index (χ1n) is 1.98. The van der Waals surface area contributed by atoms with E-state index in [1.54, 1.807) is 0 Å². The monoisotopic (exact) mass is 104 g/mol. The van der Waals surface area contributed by atoms with E-state index in [0.717, 1.165) is 0 Å². The maximum atomic E-state index is 6.54. The molecule has 0 saturated heterocycles. The summed E-state index contributed by atoms with van der Waals surface area (Å²) in [7, 11) is 0. The minimum atomic E-state index is 0.264. The summed E-state index contributed by atoms with van der Waals surface area (Å²) in [5.74, 6) is 2.28. The van der Waals surface area contributed by atoms with Crippen molar-refractivity contribution in [1.82, 2.24) is 15.0 Å². The van der Waals surface area contributed by atoms with E-state index in [9.17, 15) is 0 Å². The van der Waals surface area contributed by atoms with Crippen LogP contribution in [0.5, 0.6) is 0 Å². The molecule has 0 amide bonds. The Hall–Kier alpha value is -1.43. The normalized spacial score (nSPS) is 7.88. The molecule has 1 rings (SSSR count). The van der Waals surface area contributed by atoms with Crippen LogP contribution in [0.2, 0.25) is 0 Å². The van der Waals surface area contributed by atoms with Crippen LogP contribution in [0.15, 0.2) is 12.7 Å². The number of hydrogen-bond acceptors (Lipinski definition) is 3. The molecular formula is C5H2N3. The number of nitrogens with zero attached hydrogens (tertiary/aromatic N) is 3. The molecule has 0 aliphatic carbocycles. The Morgan fingerprint density at radius 3 is 2.38 bits per heavy atom. The summed E-state index contributed by atoms with van der Waals surface area (Å²) in [6.07, 6.45) is 9.19. The van der Waals surface area contributed by atoms with E-state index in [4.69, 9.17) is 6.42 Å². The molecule has 0 saturated carbocycles. The first kappa shape index (κ1) is 4.72. The largest absolute Gasteiger partial charge is 0.225 e. The Morgan fingerprint density at radius 1 is 1.38 bits per heavy atom. The van der Waals surface area contributed by atoms with E-state index in [0.29, 0.717) is 0 Å². The van der Waals surface area contributed by atoms with Crippen LogP contribution in [0.1, 0.15) is 5.82 Å². The molecule has 3 heteroatoms. The predicted molar refractivity (Wildman–Crippen MR) is 26.1 cm³/mol. The molecule has 0 atom stereocenters. The van der Waals surface area contributed by atoms with E-state index in [2.05, 4.69) is 15.0 Å². The van der Waals surface area contributed by atoms with Gasteiger partial charge in [-0.1, -0.05) is 0 Å². The van der Waals surface area contributed by atoms with Crippen molar-refractivity contribution in [3.05, 3.63) is 24.9 Å². The number of hydrogen-bond donors (Lipinski definition) is 0. The van der Waals surface area contributed by atoms with E-state index in [-0.39, 0.29) is 5.82 Å². The van der Waals surface area contributed by atoms with E-state index in [1.807, 2.05) is 5.92 Å². The van der Waals surface area contributed by atoms with E-state index < -0.39 is 0 Å². The SMILES string of the molecule is [C]#Cc1ncncn1. The van der Waals surface area contributed by atoms with Crippen molar-refractivity contribution in [3.8, 4) is 5.92 Å². The Labute approximate surface area is 46.8 Å². The highest BCUT2D eigenvalue weighted by Crippen LogP contribution is 1.76. The highest BCUT2D eigenvalue weighted by molar-refractivity contribution is 5.08. The second kappa shape index (κ2) is 2.03. The molecule has 0 spiro atoms. The fourth-order valence-corrected chi connectivity index (χ4v) is 0.304. The summed E-state index contributed by atoms with van der Waals surface area (Å²) in [6, 6.07) is 0. The zero-order chi connectivity index (χ0) is 5.82. The van der Waals surface area contributed by atoms with Gasteiger partial charge in [0.15, 0.2) is 0 Å². The summed E-state index contributed by atoms with van der Waals surface area (Å²) >= 11 is 0. The van der Waals surface area contributed by atoms with Gasteiger partial charge < -0.3 is 0 Å². The minimum Gasteiger partial charge on any atom is -0.225 e. The third kappa shape index (κ3) is 0.793. The second-order valence-corrected chi connectivity index (χ2v) is 1.09. The van der Waals surface area contributed by atoms with Gasteiger partial charge in [-0.05, 0) is 12.3 Å². The maximum Gasteiger partial charge on any atom is 0.208 e. The first-order chi connectivity index (χ1) is 3.93. The quantitative estimate of drug-likeness (QED) is 0.428. The van der Waals surface area contributed by atoms with Gasteiger partial charge in [0.25, 0.3) is 0 Å². The molecule has 3 nitrogen and oxygen atoms in total. The zero-order valence-corrected chi connectivity index (χ0v) is 4.00. The van der Waals surface area contributed by atoms with Gasteiger partial charge in [-0.25, -0.2) is 15.0 Å². The highest BCUT2D eigenvalue weighted by atomic mass is 15.0. The van der Waals surface area contributed by atoms with Gasteiger partial charge in [0.05, 0.1) is 0 Å². The van der Waals surface area contributed by atoms with Crippen LogP contribution in [0, 0.1) is 12.3 Å². The van der Waals surface area contributed by atoms with Gasteiger partial charge in [-0.3, -0.25) is 0 Å². The summed E-state index contributed by atoms with van der Waals surface area (Å²) in [5, 5.41) is 0. The van der Waals surface area contributed by atoms with Crippen LogP contribution in [-0.4, -0.2) is 15.0 Å². The molecule has 0 fully saturated rings. The van der Waals surface area contributed by atoms with Crippen LogP contribution < -0.4 is 0 Å². The third-order valence-corrected chi connectivity index (χ3v) is 0.605. The van der Waals surface area contributed by atoms with Gasteiger partial charge >= 0.3 is 0 Å². The minimum absolute atomic E-state index is 0.264. The van der Waals surface area contributed by atoms with Gasteiger partial charge in [-0.2, -0.15) is 0 Å². The lowest BCUT2D eigenvalue weighted by Gasteiger charge is -1.80. The average Bonchev–Trinajstić information content (AvgIpc) is 1.90. The van der Waals surface area contributed by atoms with Crippen LogP contribution in [0.4, 0.5) is 0 Å². The van der Waals surface area contributed by atoms with Crippen LogP contribution in [0.25, 0.3) is 0 Å². The topological polar surface area (TPSA) is 38.7 Å². The molecule has 8 heavy (non-hydrogen) atoms. The Balaban J connectivity index is 3.05. The molecule has 0 unspecified atom stereocenters. The van der Waals surface area contributed by atoms with Crippen LogP contribution in [-0.2, 0) is 0 Å². The van der Waals surface area contributed by atoms with Crippen molar-refractivity contribution in [3.63, 3.8) is 0 Å². The summed E-state index contributed by atoms with van der Waals surface area (Å²) < 4.78 is 0. The zero-order valence-electron chi connectivity index (χ0n) is 4.00. The predicted octanol–water partition coefficient (Wildman–Crippen LogP) is -0.191. The summed E-state index contributed by atoms with van der Waals surface area (Å²) in [6.45, 7) is 0. The molecule has 0 N–H and O–H groups in total. The van der Waals surface area contributed by atoms with Crippen LogP contribution >= 0.6 is 0 Å². The number of aromatic nitrogens is 3. The molecule has 1 aromatic heterocycles. The molecule has 37 valence electrons. The second-order valence-electron chi connectivity index (χ2n) is 1.09. The average molecular weight is 104 g/mol. The van der Waals surface area contributed by atoms with Gasteiger partial charge in [0.1, 0.15) is 12.7 Å². The fourth-order valence-electron chi connectivity index (χ4n) is 0.304. The highest BCUT2D eigenvalue weighted by Gasteiger charge is 1.81. The van der Waals surface area contributed by atoms with Crippen molar-refractivity contribution in [2.45, 2.75) is 0 Å². The Bertz CT molecular complexity index is 199. The molecule has 1 heterocycles. The Morgan fingerprint density at radius 2 is 2.00 bits per heavy atom. The molecule has 0 bridgehead atoms. The van der Waals surface area contributed by atoms with Crippen molar-refractivity contribution in [2.75, 3.05) is 0 Å². The van der Waals surface area contributed by atoms with E-state index >= 15 is 0 Å². The molecule has 0 aromatic carbocycles. The van der Waals surface area contributed by atoms with Gasteiger partial charge in [0, 0.05) is 0 Å². The molecule has 1 radical (unpaired) electrons. The molecular weight excluding hydrogens is 102 g/mol. The fraction of sp³-hybridized carbons (Fsp3) is 0. The van der Waals surface area contributed by atoms with Crippen molar-refractivity contribution < 1.29 is 0 Å². The Kier molecular flexibility index (Phi) is 1.20. The van der Waals surface area contributed by atoms with Crippen LogP contribution in [0.3, 0.4) is 0 Å². The smallest absolute Gasteiger partial charge is 0.208 e. The number of rotatable bonds is 0. The summed E-state index contributed by atoms with van der Waals surface area (Å²) in [4.78, 5) is 10.7. The maximum absolute atomic E-state index is 6.54. The first-order valence-corrected chi connectivity index (χ1v) is 1.98. The van der Waals surface area contributed by atoms with Crippen molar-refractivity contribution in [1.29, 1.82) is 0 Å². The van der Waals surface area contributed by atoms with Crippen molar-refractivity contribution >= 4 is 0 Å². The lowest BCUT2D eigenvalue weighted by molar-refractivity contribution is 1.02. The molecule has 0 aliphatic heterocycles. The molecule has 1 aromatic rings. The standard InChI is InChI=1S/C5H2N3/c1-2-5-7-3-6-4-8-5/h3-4H. The molecule has 0 aliphatic rings. The van der Waals surface area contributed by atoms with Gasteiger partial charge in [-0.15, -0.1) is 0 Å². The van der Waals surface area contributed by atoms with E-state index in [1.165, 1.54) is 12.7 Å². The third-order valence-electron chi connectivity index (χ3n) is 0.605. The lowest BCUT2D eigenvalue weighted by atomic mass is 10.6.